The van der Waals surface area contributed by atoms with Crippen molar-refractivity contribution in [3.8, 4) is 0 Å². The number of hydrogen-bond donors (Lipinski definition) is 1. The SMILES string of the molecule is O=C(CN1C(=O)N[C@@]2(CCCc3ccccc32)C1=O)N1CCc2ccccc2C1. The van der Waals surface area contributed by atoms with Crippen molar-refractivity contribution in [3.05, 3.63) is 70.8 Å². The predicted octanol–water partition coefficient (Wildman–Crippen LogP) is 2.35. The van der Waals surface area contributed by atoms with E-state index in [4.69, 9.17) is 0 Å². The van der Waals surface area contributed by atoms with E-state index in [2.05, 4.69) is 11.4 Å². The maximum atomic E-state index is 13.3. The van der Waals surface area contributed by atoms with Crippen LogP contribution >= 0.6 is 0 Å². The van der Waals surface area contributed by atoms with Crippen LogP contribution in [0.3, 0.4) is 0 Å². The number of hydrogen-bond acceptors (Lipinski definition) is 3. The van der Waals surface area contributed by atoms with Gasteiger partial charge in [-0.3, -0.25) is 14.5 Å². The van der Waals surface area contributed by atoms with Gasteiger partial charge in [0.15, 0.2) is 0 Å². The highest BCUT2D eigenvalue weighted by molar-refractivity contribution is 6.09. The fourth-order valence-corrected chi connectivity index (χ4v) is 4.90. The molecular weight excluding hydrogens is 366 g/mol. The molecule has 2 aromatic rings. The second kappa shape index (κ2) is 6.72. The van der Waals surface area contributed by atoms with Crippen molar-refractivity contribution >= 4 is 17.8 Å². The minimum absolute atomic E-state index is 0.191. The van der Waals surface area contributed by atoms with Gasteiger partial charge in [-0.15, -0.1) is 0 Å². The Morgan fingerprint density at radius 1 is 0.966 bits per heavy atom. The average molecular weight is 389 g/mol. The molecule has 6 nitrogen and oxygen atoms in total. The Labute approximate surface area is 169 Å². The Bertz CT molecular complexity index is 1020. The molecule has 29 heavy (non-hydrogen) atoms. The van der Waals surface area contributed by atoms with Crippen LogP contribution in [0.4, 0.5) is 4.79 Å². The number of carbonyl (C=O) groups is 3. The molecular formula is C23H23N3O3. The third kappa shape index (κ3) is 2.82. The van der Waals surface area contributed by atoms with Crippen LogP contribution in [-0.2, 0) is 34.5 Å². The Balaban J connectivity index is 1.36. The number of nitrogens with zero attached hydrogens (tertiary/aromatic N) is 2. The minimum Gasteiger partial charge on any atom is -0.336 e. The Kier molecular flexibility index (Phi) is 4.15. The molecule has 5 rings (SSSR count). The van der Waals surface area contributed by atoms with E-state index < -0.39 is 11.6 Å². The quantitative estimate of drug-likeness (QED) is 0.802. The van der Waals surface area contributed by atoms with Crippen molar-refractivity contribution in [2.75, 3.05) is 13.1 Å². The first-order valence-corrected chi connectivity index (χ1v) is 10.2. The van der Waals surface area contributed by atoms with Crippen LogP contribution < -0.4 is 5.32 Å². The lowest BCUT2D eigenvalue weighted by atomic mass is 9.76. The Morgan fingerprint density at radius 2 is 1.69 bits per heavy atom. The maximum absolute atomic E-state index is 13.3. The van der Waals surface area contributed by atoms with Gasteiger partial charge in [-0.05, 0) is 47.9 Å². The summed E-state index contributed by atoms with van der Waals surface area (Å²) in [6.45, 7) is 0.914. The number of aryl methyl sites for hydroxylation is 1. The number of benzene rings is 2. The standard InChI is InChI=1S/C23H23N3O3/c27-20(25-13-11-16-6-1-2-8-18(16)14-25)15-26-21(28)23(24-22(26)29)12-5-9-17-7-3-4-10-19(17)23/h1-4,6-8,10H,5,9,11-15H2,(H,24,29)/t23-/m1/s1. The van der Waals surface area contributed by atoms with Gasteiger partial charge in [0.25, 0.3) is 5.91 Å². The summed E-state index contributed by atoms with van der Waals surface area (Å²) in [5, 5.41) is 2.92. The van der Waals surface area contributed by atoms with Crippen molar-refractivity contribution < 1.29 is 14.4 Å². The summed E-state index contributed by atoms with van der Waals surface area (Å²) in [4.78, 5) is 41.8. The summed E-state index contributed by atoms with van der Waals surface area (Å²) in [6.07, 6.45) is 3.08. The predicted molar refractivity (Wildman–Crippen MR) is 107 cm³/mol. The molecule has 1 aliphatic carbocycles. The smallest absolute Gasteiger partial charge is 0.325 e. The van der Waals surface area contributed by atoms with E-state index in [1.54, 1.807) is 4.90 Å². The molecule has 0 radical (unpaired) electrons. The summed E-state index contributed by atoms with van der Waals surface area (Å²) in [5.41, 5.74) is 3.31. The zero-order chi connectivity index (χ0) is 20.0. The van der Waals surface area contributed by atoms with Gasteiger partial charge in [-0.25, -0.2) is 4.79 Å². The van der Waals surface area contributed by atoms with Crippen LogP contribution in [0.1, 0.15) is 35.1 Å². The number of amides is 4. The molecule has 0 unspecified atom stereocenters. The van der Waals surface area contributed by atoms with Crippen molar-refractivity contribution in [1.82, 2.24) is 15.1 Å². The van der Waals surface area contributed by atoms with Gasteiger partial charge in [0, 0.05) is 13.1 Å². The van der Waals surface area contributed by atoms with E-state index in [0.717, 1.165) is 40.9 Å². The number of fused-ring (bicyclic) bond motifs is 3. The summed E-state index contributed by atoms with van der Waals surface area (Å²) in [5.74, 6) is -0.496. The first kappa shape index (κ1) is 17.9. The largest absolute Gasteiger partial charge is 0.336 e. The second-order valence-corrected chi connectivity index (χ2v) is 8.07. The molecule has 0 saturated carbocycles. The lowest BCUT2D eigenvalue weighted by molar-refractivity contribution is -0.140. The molecule has 148 valence electrons. The molecule has 1 N–H and O–H groups in total. The molecule has 1 fully saturated rings. The van der Waals surface area contributed by atoms with Gasteiger partial charge in [-0.1, -0.05) is 48.5 Å². The molecule has 6 heteroatoms. The molecule has 0 bridgehead atoms. The highest BCUT2D eigenvalue weighted by Gasteiger charge is 2.54. The van der Waals surface area contributed by atoms with Gasteiger partial charge in [0.1, 0.15) is 12.1 Å². The van der Waals surface area contributed by atoms with E-state index in [9.17, 15) is 14.4 Å². The number of carbonyl (C=O) groups excluding carboxylic acids is 3. The average Bonchev–Trinajstić information content (AvgIpc) is 2.98. The molecule has 2 heterocycles. The minimum atomic E-state index is -1.03. The van der Waals surface area contributed by atoms with Crippen molar-refractivity contribution in [2.45, 2.75) is 37.8 Å². The highest BCUT2D eigenvalue weighted by atomic mass is 16.2. The van der Waals surface area contributed by atoms with E-state index in [1.807, 2.05) is 42.5 Å². The van der Waals surface area contributed by atoms with Crippen molar-refractivity contribution in [1.29, 1.82) is 0 Å². The normalized spacial score (nSPS) is 23.0. The Morgan fingerprint density at radius 3 is 2.52 bits per heavy atom. The van der Waals surface area contributed by atoms with E-state index >= 15 is 0 Å². The van der Waals surface area contributed by atoms with E-state index in [-0.39, 0.29) is 18.4 Å². The van der Waals surface area contributed by atoms with E-state index in [0.29, 0.717) is 19.5 Å². The van der Waals surface area contributed by atoms with Crippen molar-refractivity contribution in [2.24, 2.45) is 0 Å². The molecule has 0 aromatic heterocycles. The summed E-state index contributed by atoms with van der Waals surface area (Å²) in [7, 11) is 0. The van der Waals surface area contributed by atoms with Gasteiger partial charge in [-0.2, -0.15) is 0 Å². The van der Waals surface area contributed by atoms with Crippen LogP contribution in [0.2, 0.25) is 0 Å². The fraction of sp³-hybridized carbons (Fsp3) is 0.348. The van der Waals surface area contributed by atoms with Crippen LogP contribution in [0.5, 0.6) is 0 Å². The zero-order valence-corrected chi connectivity index (χ0v) is 16.2. The molecule has 1 saturated heterocycles. The second-order valence-electron chi connectivity index (χ2n) is 8.07. The van der Waals surface area contributed by atoms with Gasteiger partial charge < -0.3 is 10.2 Å². The number of nitrogens with one attached hydrogen (secondary N) is 1. The van der Waals surface area contributed by atoms with Gasteiger partial charge in [0.05, 0.1) is 0 Å². The van der Waals surface area contributed by atoms with Crippen molar-refractivity contribution in [3.63, 3.8) is 0 Å². The number of imide groups is 1. The summed E-state index contributed by atoms with van der Waals surface area (Å²) >= 11 is 0. The third-order valence-electron chi connectivity index (χ3n) is 6.43. The monoisotopic (exact) mass is 389 g/mol. The number of urea groups is 1. The van der Waals surface area contributed by atoms with Gasteiger partial charge >= 0.3 is 6.03 Å². The van der Waals surface area contributed by atoms with Crippen LogP contribution in [-0.4, -0.2) is 40.7 Å². The molecule has 1 spiro atoms. The number of rotatable bonds is 2. The highest BCUT2D eigenvalue weighted by Crippen LogP contribution is 2.39. The van der Waals surface area contributed by atoms with Gasteiger partial charge in [0.2, 0.25) is 5.91 Å². The lowest BCUT2D eigenvalue weighted by Gasteiger charge is -2.33. The molecule has 3 aliphatic rings. The molecule has 1 atom stereocenters. The first-order valence-electron chi connectivity index (χ1n) is 10.2. The summed E-state index contributed by atoms with van der Waals surface area (Å²) in [6, 6.07) is 15.4. The molecule has 2 aliphatic heterocycles. The lowest BCUT2D eigenvalue weighted by Crippen LogP contribution is -2.48. The van der Waals surface area contributed by atoms with E-state index in [1.165, 1.54) is 5.56 Å². The van der Waals surface area contributed by atoms with Crippen LogP contribution in [0.15, 0.2) is 48.5 Å². The third-order valence-corrected chi connectivity index (χ3v) is 6.43. The van der Waals surface area contributed by atoms with Crippen LogP contribution in [0, 0.1) is 0 Å². The molecule has 4 amide bonds. The Hall–Kier alpha value is -3.15. The topological polar surface area (TPSA) is 69.7 Å². The molecule has 2 aromatic carbocycles. The van der Waals surface area contributed by atoms with Crippen LogP contribution in [0.25, 0.3) is 0 Å². The summed E-state index contributed by atoms with van der Waals surface area (Å²) < 4.78 is 0. The fourth-order valence-electron chi connectivity index (χ4n) is 4.90. The maximum Gasteiger partial charge on any atom is 0.325 e. The first-order chi connectivity index (χ1) is 14.1. The zero-order valence-electron chi connectivity index (χ0n) is 16.2.